The van der Waals surface area contributed by atoms with Crippen LogP contribution in [-0.4, -0.2) is 24.5 Å². The minimum Gasteiger partial charge on any atom is -0.352 e. The molecule has 0 aromatic rings. The van der Waals surface area contributed by atoms with Crippen LogP contribution in [-0.2, 0) is 4.79 Å². The van der Waals surface area contributed by atoms with Crippen LogP contribution in [0.5, 0.6) is 0 Å². The molecular formula is C13H27ClN2O. The maximum absolute atomic E-state index is 11.8. The van der Waals surface area contributed by atoms with Gasteiger partial charge < -0.3 is 10.6 Å². The summed E-state index contributed by atoms with van der Waals surface area (Å²) in [5, 5.41) is 6.32. The van der Waals surface area contributed by atoms with E-state index in [1.807, 2.05) is 0 Å². The fourth-order valence-corrected chi connectivity index (χ4v) is 2.16. The number of carbonyl (C=O) groups is 1. The monoisotopic (exact) mass is 262 g/mol. The molecular weight excluding hydrogens is 236 g/mol. The van der Waals surface area contributed by atoms with Crippen LogP contribution in [0.1, 0.15) is 52.9 Å². The topological polar surface area (TPSA) is 41.1 Å². The molecule has 1 aliphatic rings. The number of amides is 1. The van der Waals surface area contributed by atoms with E-state index in [1.54, 1.807) is 0 Å². The normalized spacial score (nSPS) is 21.1. The molecule has 1 aliphatic heterocycles. The van der Waals surface area contributed by atoms with Crippen molar-refractivity contribution in [2.75, 3.05) is 6.54 Å². The van der Waals surface area contributed by atoms with E-state index in [-0.39, 0.29) is 24.4 Å². The minimum absolute atomic E-state index is 0. The van der Waals surface area contributed by atoms with Crippen LogP contribution in [0.4, 0.5) is 0 Å². The van der Waals surface area contributed by atoms with Crippen LogP contribution >= 0.6 is 12.4 Å². The minimum atomic E-state index is 0. The summed E-state index contributed by atoms with van der Waals surface area (Å²) >= 11 is 0. The molecule has 102 valence electrons. The summed E-state index contributed by atoms with van der Waals surface area (Å²) in [6, 6.07) is 0.376. The highest BCUT2D eigenvalue weighted by Crippen LogP contribution is 2.09. The number of carbonyl (C=O) groups excluding carboxylic acids is 1. The number of nitrogens with one attached hydrogen (secondary N) is 2. The molecule has 1 saturated heterocycles. The molecule has 1 amide bonds. The second kappa shape index (κ2) is 8.76. The Labute approximate surface area is 112 Å². The molecule has 0 aliphatic carbocycles. The van der Waals surface area contributed by atoms with Crippen molar-refractivity contribution in [3.8, 4) is 0 Å². The van der Waals surface area contributed by atoms with Crippen molar-refractivity contribution in [2.45, 2.75) is 65.0 Å². The van der Waals surface area contributed by atoms with Gasteiger partial charge in [-0.3, -0.25) is 4.79 Å². The lowest BCUT2D eigenvalue weighted by atomic mass is 10.0. The van der Waals surface area contributed by atoms with Crippen LogP contribution < -0.4 is 10.6 Å². The predicted molar refractivity (Wildman–Crippen MR) is 74.6 cm³/mol. The zero-order valence-electron chi connectivity index (χ0n) is 11.3. The lowest BCUT2D eigenvalue weighted by molar-refractivity contribution is -0.123. The molecule has 1 rings (SSSR count). The van der Waals surface area contributed by atoms with E-state index in [2.05, 4.69) is 31.4 Å². The van der Waals surface area contributed by atoms with Gasteiger partial charge in [0.25, 0.3) is 0 Å². The Morgan fingerprint density at radius 3 is 2.59 bits per heavy atom. The number of halogens is 1. The van der Waals surface area contributed by atoms with Crippen molar-refractivity contribution in [3.05, 3.63) is 0 Å². The molecule has 0 saturated carbocycles. The van der Waals surface area contributed by atoms with Crippen molar-refractivity contribution in [3.63, 3.8) is 0 Å². The van der Waals surface area contributed by atoms with Gasteiger partial charge >= 0.3 is 0 Å². The molecule has 1 fully saturated rings. The van der Waals surface area contributed by atoms with Crippen LogP contribution in [0, 0.1) is 5.92 Å². The lowest BCUT2D eigenvalue weighted by Gasteiger charge is -2.17. The van der Waals surface area contributed by atoms with Gasteiger partial charge in [-0.05, 0) is 38.6 Å². The predicted octanol–water partition coefficient (Wildman–Crippen LogP) is 2.49. The van der Waals surface area contributed by atoms with Gasteiger partial charge in [0, 0.05) is 6.04 Å². The Kier molecular flexibility index (Phi) is 8.61. The van der Waals surface area contributed by atoms with Crippen LogP contribution in [0.25, 0.3) is 0 Å². The molecule has 0 bridgehead atoms. The molecule has 17 heavy (non-hydrogen) atoms. The maximum atomic E-state index is 11.8. The zero-order valence-corrected chi connectivity index (χ0v) is 12.1. The van der Waals surface area contributed by atoms with Gasteiger partial charge in [-0.2, -0.15) is 0 Å². The van der Waals surface area contributed by atoms with Gasteiger partial charge in [0.1, 0.15) is 0 Å². The first-order valence-corrected chi connectivity index (χ1v) is 6.63. The maximum Gasteiger partial charge on any atom is 0.237 e. The van der Waals surface area contributed by atoms with Gasteiger partial charge in [0.15, 0.2) is 0 Å². The largest absolute Gasteiger partial charge is 0.352 e. The number of hydrogen-bond acceptors (Lipinski definition) is 2. The first-order chi connectivity index (χ1) is 7.59. The van der Waals surface area contributed by atoms with E-state index in [4.69, 9.17) is 0 Å². The third-order valence-electron chi connectivity index (χ3n) is 3.18. The van der Waals surface area contributed by atoms with Crippen molar-refractivity contribution in [2.24, 2.45) is 5.92 Å². The zero-order chi connectivity index (χ0) is 12.0. The first-order valence-electron chi connectivity index (χ1n) is 6.63. The summed E-state index contributed by atoms with van der Waals surface area (Å²) in [4.78, 5) is 11.8. The molecule has 3 nitrogen and oxygen atoms in total. The van der Waals surface area contributed by atoms with Gasteiger partial charge in [-0.1, -0.05) is 26.7 Å². The molecule has 0 aromatic heterocycles. The third kappa shape index (κ3) is 6.89. The summed E-state index contributed by atoms with van der Waals surface area (Å²) in [5.41, 5.74) is 0. The molecule has 0 radical (unpaired) electrons. The van der Waals surface area contributed by atoms with E-state index in [0.29, 0.717) is 6.04 Å². The van der Waals surface area contributed by atoms with Gasteiger partial charge in [-0.25, -0.2) is 0 Å². The first kappa shape index (κ1) is 16.7. The van der Waals surface area contributed by atoms with Crippen molar-refractivity contribution in [1.29, 1.82) is 0 Å². The van der Waals surface area contributed by atoms with Crippen molar-refractivity contribution < 1.29 is 4.79 Å². The quantitative estimate of drug-likeness (QED) is 0.772. The summed E-state index contributed by atoms with van der Waals surface area (Å²) in [6.45, 7) is 7.57. The van der Waals surface area contributed by atoms with Crippen molar-refractivity contribution in [1.82, 2.24) is 10.6 Å². The second-order valence-corrected chi connectivity index (χ2v) is 5.38. The average Bonchev–Trinajstić information content (AvgIpc) is 2.69. The van der Waals surface area contributed by atoms with Crippen molar-refractivity contribution >= 4 is 18.3 Å². The number of rotatable bonds is 6. The molecule has 0 spiro atoms. The summed E-state index contributed by atoms with van der Waals surface area (Å²) in [7, 11) is 0. The van der Waals surface area contributed by atoms with Crippen LogP contribution in [0.15, 0.2) is 0 Å². The van der Waals surface area contributed by atoms with Gasteiger partial charge in [-0.15, -0.1) is 12.4 Å². The molecule has 2 unspecified atom stereocenters. The number of hydrogen-bond donors (Lipinski definition) is 2. The van der Waals surface area contributed by atoms with Crippen LogP contribution in [0.2, 0.25) is 0 Å². The molecule has 2 N–H and O–H groups in total. The Morgan fingerprint density at radius 1 is 1.35 bits per heavy atom. The smallest absolute Gasteiger partial charge is 0.237 e. The van der Waals surface area contributed by atoms with Crippen LogP contribution in [0.3, 0.4) is 0 Å². The Bertz CT molecular complexity index is 215. The molecule has 1 heterocycles. The SMILES string of the molecule is CC(C)CCCC(C)NC(=O)C1CCCN1.Cl. The Balaban J connectivity index is 0.00000256. The molecule has 0 aromatic carbocycles. The fraction of sp³-hybridized carbons (Fsp3) is 0.923. The second-order valence-electron chi connectivity index (χ2n) is 5.38. The lowest BCUT2D eigenvalue weighted by Crippen LogP contribution is -2.44. The third-order valence-corrected chi connectivity index (χ3v) is 3.18. The van der Waals surface area contributed by atoms with Gasteiger partial charge in [0.2, 0.25) is 5.91 Å². The molecule has 4 heteroatoms. The van der Waals surface area contributed by atoms with E-state index in [9.17, 15) is 4.79 Å². The summed E-state index contributed by atoms with van der Waals surface area (Å²) in [5.74, 6) is 0.953. The fourth-order valence-electron chi connectivity index (χ4n) is 2.16. The molecule has 2 atom stereocenters. The highest BCUT2D eigenvalue weighted by molar-refractivity contribution is 5.85. The van der Waals surface area contributed by atoms with E-state index in [0.717, 1.165) is 31.7 Å². The average molecular weight is 263 g/mol. The highest BCUT2D eigenvalue weighted by atomic mass is 35.5. The Hall–Kier alpha value is -0.280. The standard InChI is InChI=1S/C13H26N2O.ClH/c1-10(2)6-4-7-11(3)15-13(16)12-8-5-9-14-12;/h10-12,14H,4-9H2,1-3H3,(H,15,16);1H. The highest BCUT2D eigenvalue weighted by Gasteiger charge is 2.22. The Morgan fingerprint density at radius 2 is 2.06 bits per heavy atom. The summed E-state index contributed by atoms with van der Waals surface area (Å²) < 4.78 is 0. The van der Waals surface area contributed by atoms with Gasteiger partial charge in [0.05, 0.1) is 6.04 Å². The van der Waals surface area contributed by atoms with E-state index >= 15 is 0 Å². The van der Waals surface area contributed by atoms with E-state index in [1.165, 1.54) is 12.8 Å². The summed E-state index contributed by atoms with van der Waals surface area (Å²) in [6.07, 6.45) is 5.67. The van der Waals surface area contributed by atoms with E-state index < -0.39 is 0 Å².